The fourth-order valence-corrected chi connectivity index (χ4v) is 5.12. The molecule has 2 fully saturated rings. The normalized spacial score (nSPS) is 31.0. The second-order valence-electron chi connectivity index (χ2n) is 9.45. The Hall–Kier alpha value is -1.26. The Morgan fingerprint density at radius 3 is 2.78 bits per heavy atom. The third-order valence-electron chi connectivity index (χ3n) is 6.78. The van der Waals surface area contributed by atoms with Crippen LogP contribution in [0.4, 0.5) is 0 Å². The van der Waals surface area contributed by atoms with Gasteiger partial charge in [0.05, 0.1) is 19.3 Å². The van der Waals surface area contributed by atoms with Crippen LogP contribution in [0.5, 0.6) is 11.5 Å². The number of ether oxygens (including phenoxy) is 3. The van der Waals surface area contributed by atoms with Gasteiger partial charge >= 0.3 is 0 Å². The predicted molar refractivity (Wildman–Crippen MR) is 107 cm³/mol. The van der Waals surface area contributed by atoms with Crippen LogP contribution < -0.4 is 14.8 Å². The lowest BCUT2D eigenvalue weighted by Crippen LogP contribution is -2.63. The molecule has 27 heavy (non-hydrogen) atoms. The van der Waals surface area contributed by atoms with E-state index in [1.54, 1.807) is 0 Å². The summed E-state index contributed by atoms with van der Waals surface area (Å²) >= 11 is 0. The molecule has 4 heteroatoms. The summed E-state index contributed by atoms with van der Waals surface area (Å²) in [7, 11) is 0. The minimum atomic E-state index is -0.206. The SMILES string of the molecule is CCOc1cccc2c1O[C@@](C)(CCCC(C)C)[C@H]1CC3(CNC3)CO[C@H]21. The summed E-state index contributed by atoms with van der Waals surface area (Å²) in [6, 6.07) is 6.27. The summed E-state index contributed by atoms with van der Waals surface area (Å²) < 4.78 is 19.2. The van der Waals surface area contributed by atoms with Gasteiger partial charge in [-0.25, -0.2) is 0 Å². The fourth-order valence-electron chi connectivity index (χ4n) is 5.12. The van der Waals surface area contributed by atoms with E-state index in [1.807, 2.05) is 13.0 Å². The van der Waals surface area contributed by atoms with E-state index in [-0.39, 0.29) is 11.7 Å². The van der Waals surface area contributed by atoms with Gasteiger partial charge in [-0.15, -0.1) is 0 Å². The molecule has 1 N–H and O–H groups in total. The van der Waals surface area contributed by atoms with Crippen molar-refractivity contribution in [1.82, 2.24) is 5.32 Å². The van der Waals surface area contributed by atoms with Crippen molar-refractivity contribution in [3.8, 4) is 11.5 Å². The van der Waals surface area contributed by atoms with Crippen LogP contribution in [-0.4, -0.2) is 31.9 Å². The minimum Gasteiger partial charge on any atom is -0.490 e. The van der Waals surface area contributed by atoms with Gasteiger partial charge in [0, 0.05) is 30.0 Å². The average molecular weight is 374 g/mol. The quantitative estimate of drug-likeness (QED) is 0.782. The van der Waals surface area contributed by atoms with Crippen LogP contribution in [0.3, 0.4) is 0 Å². The molecule has 0 unspecified atom stereocenters. The van der Waals surface area contributed by atoms with Crippen molar-refractivity contribution in [3.05, 3.63) is 23.8 Å². The molecule has 2 saturated heterocycles. The van der Waals surface area contributed by atoms with E-state index in [9.17, 15) is 0 Å². The van der Waals surface area contributed by atoms with E-state index < -0.39 is 0 Å². The van der Waals surface area contributed by atoms with Gasteiger partial charge in [0.2, 0.25) is 0 Å². The average Bonchev–Trinajstić information content (AvgIpc) is 2.61. The van der Waals surface area contributed by atoms with Crippen molar-refractivity contribution in [2.24, 2.45) is 17.3 Å². The summed E-state index contributed by atoms with van der Waals surface area (Å²) in [6.07, 6.45) is 4.79. The summed E-state index contributed by atoms with van der Waals surface area (Å²) in [4.78, 5) is 0. The van der Waals surface area contributed by atoms with Crippen LogP contribution >= 0.6 is 0 Å². The number of rotatable bonds is 6. The van der Waals surface area contributed by atoms with Gasteiger partial charge in [0.25, 0.3) is 0 Å². The van der Waals surface area contributed by atoms with Crippen LogP contribution in [0, 0.1) is 17.3 Å². The lowest BCUT2D eigenvalue weighted by Gasteiger charge is -2.56. The van der Waals surface area contributed by atoms with E-state index in [0.717, 1.165) is 43.5 Å². The zero-order chi connectivity index (χ0) is 19.1. The first-order valence-electron chi connectivity index (χ1n) is 10.7. The van der Waals surface area contributed by atoms with Crippen molar-refractivity contribution in [2.75, 3.05) is 26.3 Å². The topological polar surface area (TPSA) is 39.7 Å². The molecule has 3 aliphatic heterocycles. The number of hydrogen-bond donors (Lipinski definition) is 1. The molecule has 0 aromatic heterocycles. The minimum absolute atomic E-state index is 0.115. The Labute approximate surface area is 164 Å². The molecule has 3 heterocycles. The molecule has 0 amide bonds. The maximum Gasteiger partial charge on any atom is 0.167 e. The number of para-hydroxylation sites is 1. The molecule has 0 bridgehead atoms. The Kier molecular flexibility index (Phi) is 5.15. The second kappa shape index (κ2) is 7.29. The maximum atomic E-state index is 6.79. The molecule has 0 aliphatic carbocycles. The third kappa shape index (κ3) is 3.47. The highest BCUT2D eigenvalue weighted by Gasteiger charge is 2.55. The lowest BCUT2D eigenvalue weighted by atomic mass is 9.64. The Balaban J connectivity index is 1.67. The zero-order valence-electron chi connectivity index (χ0n) is 17.3. The van der Waals surface area contributed by atoms with Gasteiger partial charge in [0.1, 0.15) is 5.60 Å². The molecule has 3 aliphatic rings. The fraction of sp³-hybridized carbons (Fsp3) is 0.739. The van der Waals surface area contributed by atoms with Gasteiger partial charge in [-0.1, -0.05) is 32.4 Å². The van der Waals surface area contributed by atoms with Gasteiger partial charge in [0.15, 0.2) is 11.5 Å². The molecule has 0 saturated carbocycles. The summed E-state index contributed by atoms with van der Waals surface area (Å²) in [5, 5.41) is 3.46. The molecule has 1 aromatic carbocycles. The van der Waals surface area contributed by atoms with E-state index in [1.165, 1.54) is 24.8 Å². The van der Waals surface area contributed by atoms with E-state index in [4.69, 9.17) is 14.2 Å². The maximum absolute atomic E-state index is 6.79. The Morgan fingerprint density at radius 2 is 2.11 bits per heavy atom. The van der Waals surface area contributed by atoms with Gasteiger partial charge < -0.3 is 19.5 Å². The zero-order valence-corrected chi connectivity index (χ0v) is 17.3. The molecule has 1 aromatic rings. The van der Waals surface area contributed by atoms with Crippen molar-refractivity contribution in [3.63, 3.8) is 0 Å². The molecule has 150 valence electrons. The predicted octanol–water partition coefficient (Wildman–Crippen LogP) is 4.73. The van der Waals surface area contributed by atoms with Crippen molar-refractivity contribution in [1.29, 1.82) is 0 Å². The highest BCUT2D eigenvalue weighted by Crippen LogP contribution is 2.57. The van der Waals surface area contributed by atoms with E-state index in [2.05, 4.69) is 38.2 Å². The second-order valence-corrected chi connectivity index (χ2v) is 9.45. The number of benzene rings is 1. The third-order valence-corrected chi connectivity index (χ3v) is 6.78. The van der Waals surface area contributed by atoms with Crippen LogP contribution in [-0.2, 0) is 4.74 Å². The smallest absolute Gasteiger partial charge is 0.167 e. The van der Waals surface area contributed by atoms with E-state index >= 15 is 0 Å². The van der Waals surface area contributed by atoms with Crippen LogP contribution in [0.1, 0.15) is 65.0 Å². The number of fused-ring (bicyclic) bond motifs is 3. The molecule has 4 nitrogen and oxygen atoms in total. The number of hydrogen-bond acceptors (Lipinski definition) is 4. The molecule has 0 radical (unpaired) electrons. The van der Waals surface area contributed by atoms with Gasteiger partial charge in [-0.05, 0) is 45.1 Å². The first-order chi connectivity index (χ1) is 13.0. The molecule has 3 atom stereocenters. The van der Waals surface area contributed by atoms with Gasteiger partial charge in [-0.3, -0.25) is 0 Å². The van der Waals surface area contributed by atoms with Crippen molar-refractivity contribution < 1.29 is 14.2 Å². The highest BCUT2D eigenvalue weighted by molar-refractivity contribution is 5.50. The summed E-state index contributed by atoms with van der Waals surface area (Å²) in [6.45, 7) is 12.6. The van der Waals surface area contributed by atoms with Gasteiger partial charge in [-0.2, -0.15) is 0 Å². The monoisotopic (exact) mass is 373 g/mol. The van der Waals surface area contributed by atoms with Crippen LogP contribution in [0.25, 0.3) is 0 Å². The van der Waals surface area contributed by atoms with Crippen LogP contribution in [0.2, 0.25) is 0 Å². The Morgan fingerprint density at radius 1 is 1.30 bits per heavy atom. The molecular formula is C23H35NO3. The molecule has 1 spiro atoms. The molecular weight excluding hydrogens is 338 g/mol. The van der Waals surface area contributed by atoms with E-state index in [0.29, 0.717) is 17.9 Å². The Bertz CT molecular complexity index is 670. The first kappa shape index (κ1) is 19.1. The molecule has 4 rings (SSSR count). The lowest BCUT2D eigenvalue weighted by molar-refractivity contribution is -0.181. The highest BCUT2D eigenvalue weighted by atomic mass is 16.5. The largest absolute Gasteiger partial charge is 0.490 e. The summed E-state index contributed by atoms with van der Waals surface area (Å²) in [5.74, 6) is 2.89. The van der Waals surface area contributed by atoms with Crippen molar-refractivity contribution in [2.45, 2.75) is 65.1 Å². The standard InChI is InChI=1S/C23H35NO3/c1-5-25-19-10-6-9-17-20-18(12-23(15-26-20)13-24-14-23)22(4,27-21(17)19)11-7-8-16(2)3/h6,9-10,16,18,20,24H,5,7-8,11-15H2,1-4H3/t18-,20+,22-/m0/s1. The summed E-state index contributed by atoms with van der Waals surface area (Å²) in [5.41, 5.74) is 1.27. The van der Waals surface area contributed by atoms with Crippen LogP contribution in [0.15, 0.2) is 18.2 Å². The first-order valence-corrected chi connectivity index (χ1v) is 10.7. The van der Waals surface area contributed by atoms with Crippen molar-refractivity contribution >= 4 is 0 Å². The number of nitrogens with one attached hydrogen (secondary N) is 1.